The minimum absolute atomic E-state index is 0.0150. The second-order valence-corrected chi connectivity index (χ2v) is 11.3. The Morgan fingerprint density at radius 1 is 0.646 bits per heavy atom. The van der Waals surface area contributed by atoms with E-state index in [1.54, 1.807) is 46.2 Å². The zero-order valence-electron chi connectivity index (χ0n) is 27.4. The summed E-state index contributed by atoms with van der Waals surface area (Å²) in [5.41, 5.74) is 10.2. The lowest BCUT2D eigenvalue weighted by Gasteiger charge is -2.22. The molecule has 0 spiro atoms. The first-order chi connectivity index (χ1) is 23.3. The summed E-state index contributed by atoms with van der Waals surface area (Å²) in [6, 6.07) is 23.9. The van der Waals surface area contributed by atoms with E-state index in [2.05, 4.69) is 33.9 Å². The molecule has 0 saturated carbocycles. The minimum Gasteiger partial charge on any atom is -0.333 e. The predicted octanol–water partition coefficient (Wildman–Crippen LogP) is 5.88. The van der Waals surface area contributed by atoms with Crippen molar-refractivity contribution in [1.29, 1.82) is 0 Å². The molecule has 0 radical (unpaired) electrons. The number of nitrogens with zero attached hydrogens (tertiary/aromatic N) is 2. The third-order valence-electron chi connectivity index (χ3n) is 7.33. The van der Waals surface area contributed by atoms with Crippen molar-refractivity contribution in [2.45, 2.75) is 39.5 Å². The van der Waals surface area contributed by atoms with E-state index in [1.807, 2.05) is 74.5 Å². The van der Waals surface area contributed by atoms with Crippen LogP contribution in [0.4, 0.5) is 11.4 Å². The van der Waals surface area contributed by atoms with Crippen molar-refractivity contribution in [1.82, 2.24) is 9.80 Å². The SMILES string of the molecule is CCCN(CC(=O)Nc1ccc(C#Cc2ccc(NC(=O)CN(CCC)C(=O)Cc3ccccc3)cc2)cc1)C(=O)CC1=CC=C=C=C1. The average molecular weight is 641 g/mol. The summed E-state index contributed by atoms with van der Waals surface area (Å²) in [6.45, 7) is 4.90. The lowest BCUT2D eigenvalue weighted by molar-refractivity contribution is -0.134. The Morgan fingerprint density at radius 2 is 1.15 bits per heavy atom. The standard InChI is InChI=1S/C40H40N4O4/c1-3-25-43(39(47)27-33-11-7-5-8-12-33)29-37(45)41-35-21-17-31(18-22-35)15-16-32-19-23-36(24-20-32)42-38(46)30-44(26-4-2)40(48)28-34-13-9-6-10-14-34/h5,7-9,11-14,17-24H,3-4,25-30H2,1-2H3,(H,41,45)(H,42,46). The quantitative estimate of drug-likeness (QED) is 0.170. The van der Waals surface area contributed by atoms with Gasteiger partial charge in [0.15, 0.2) is 0 Å². The summed E-state index contributed by atoms with van der Waals surface area (Å²) in [5, 5.41) is 5.73. The largest absolute Gasteiger partial charge is 0.333 e. The number of carbonyl (C=O) groups excluding carboxylic acids is 4. The van der Waals surface area contributed by atoms with Gasteiger partial charge in [0.1, 0.15) is 0 Å². The van der Waals surface area contributed by atoms with Crippen molar-refractivity contribution in [3.8, 4) is 11.8 Å². The van der Waals surface area contributed by atoms with Gasteiger partial charge in [0, 0.05) is 35.6 Å². The smallest absolute Gasteiger partial charge is 0.243 e. The van der Waals surface area contributed by atoms with E-state index in [-0.39, 0.29) is 49.6 Å². The summed E-state index contributed by atoms with van der Waals surface area (Å²) in [6.07, 6.45) is 7.23. The van der Waals surface area contributed by atoms with E-state index in [9.17, 15) is 19.2 Å². The summed E-state index contributed by atoms with van der Waals surface area (Å²) in [5.74, 6) is 5.49. The predicted molar refractivity (Wildman–Crippen MR) is 189 cm³/mol. The highest BCUT2D eigenvalue weighted by molar-refractivity contribution is 5.95. The van der Waals surface area contributed by atoms with Crippen molar-refractivity contribution in [2.75, 3.05) is 36.8 Å². The van der Waals surface area contributed by atoms with Crippen LogP contribution in [0.25, 0.3) is 0 Å². The molecule has 0 atom stereocenters. The zero-order chi connectivity index (χ0) is 34.1. The molecule has 0 bridgehead atoms. The maximum Gasteiger partial charge on any atom is 0.243 e. The number of anilines is 2. The van der Waals surface area contributed by atoms with Gasteiger partial charge in [-0.2, -0.15) is 0 Å². The molecule has 0 unspecified atom stereocenters. The molecule has 0 fully saturated rings. The Morgan fingerprint density at radius 3 is 1.60 bits per heavy atom. The molecule has 1 aliphatic rings. The number of allylic oxidation sites excluding steroid dienone is 3. The molecule has 3 aromatic rings. The van der Waals surface area contributed by atoms with E-state index in [0.29, 0.717) is 24.5 Å². The van der Waals surface area contributed by atoms with Gasteiger partial charge >= 0.3 is 0 Å². The van der Waals surface area contributed by atoms with Gasteiger partial charge in [0.25, 0.3) is 0 Å². The van der Waals surface area contributed by atoms with Crippen molar-refractivity contribution < 1.29 is 19.2 Å². The summed E-state index contributed by atoms with van der Waals surface area (Å²) < 4.78 is 0. The maximum absolute atomic E-state index is 12.8. The fraction of sp³-hybridized carbons (Fsp3) is 0.250. The van der Waals surface area contributed by atoms with Gasteiger partial charge in [-0.3, -0.25) is 19.2 Å². The molecule has 8 nitrogen and oxygen atoms in total. The van der Waals surface area contributed by atoms with Crippen LogP contribution in [0.3, 0.4) is 0 Å². The molecule has 48 heavy (non-hydrogen) atoms. The lowest BCUT2D eigenvalue weighted by Crippen LogP contribution is -2.39. The second-order valence-electron chi connectivity index (χ2n) is 11.3. The number of rotatable bonds is 14. The molecule has 4 rings (SSSR count). The number of hydrogen-bond acceptors (Lipinski definition) is 4. The molecule has 0 aromatic heterocycles. The molecule has 244 valence electrons. The van der Waals surface area contributed by atoms with Gasteiger partial charge in [-0.05, 0) is 90.7 Å². The zero-order valence-corrected chi connectivity index (χ0v) is 27.4. The van der Waals surface area contributed by atoms with E-state index in [4.69, 9.17) is 0 Å². The van der Waals surface area contributed by atoms with Crippen LogP contribution >= 0.6 is 0 Å². The fourth-order valence-corrected chi connectivity index (χ4v) is 4.95. The molecular formula is C40H40N4O4. The van der Waals surface area contributed by atoms with E-state index in [0.717, 1.165) is 35.1 Å². The van der Waals surface area contributed by atoms with Crippen LogP contribution in [0.15, 0.2) is 114 Å². The van der Waals surface area contributed by atoms with Crippen LogP contribution in [0, 0.1) is 11.8 Å². The molecule has 4 amide bonds. The number of amides is 4. The van der Waals surface area contributed by atoms with Crippen molar-refractivity contribution in [3.63, 3.8) is 0 Å². The van der Waals surface area contributed by atoms with Gasteiger partial charge in [-0.25, -0.2) is 0 Å². The maximum atomic E-state index is 12.8. The van der Waals surface area contributed by atoms with E-state index in [1.165, 1.54) is 0 Å². The first kappa shape index (κ1) is 35.0. The van der Waals surface area contributed by atoms with Crippen molar-refractivity contribution in [3.05, 3.63) is 131 Å². The topological polar surface area (TPSA) is 98.8 Å². The van der Waals surface area contributed by atoms with Gasteiger partial charge in [0.05, 0.1) is 25.9 Å². The van der Waals surface area contributed by atoms with Crippen molar-refractivity contribution in [2.24, 2.45) is 0 Å². The third kappa shape index (κ3) is 11.5. The number of nitrogens with one attached hydrogen (secondary N) is 2. The minimum atomic E-state index is -0.271. The molecule has 2 N–H and O–H groups in total. The van der Waals surface area contributed by atoms with Crippen LogP contribution < -0.4 is 10.6 Å². The van der Waals surface area contributed by atoms with E-state index >= 15 is 0 Å². The van der Waals surface area contributed by atoms with Crippen LogP contribution in [0.1, 0.15) is 49.8 Å². The van der Waals surface area contributed by atoms with E-state index < -0.39 is 0 Å². The van der Waals surface area contributed by atoms with Gasteiger partial charge in [0.2, 0.25) is 23.6 Å². The monoisotopic (exact) mass is 640 g/mol. The lowest BCUT2D eigenvalue weighted by atomic mass is 10.1. The fourth-order valence-electron chi connectivity index (χ4n) is 4.95. The van der Waals surface area contributed by atoms with Crippen LogP contribution in [0.5, 0.6) is 0 Å². The third-order valence-corrected chi connectivity index (χ3v) is 7.33. The van der Waals surface area contributed by atoms with Crippen LogP contribution in [0.2, 0.25) is 0 Å². The van der Waals surface area contributed by atoms with Crippen LogP contribution in [-0.2, 0) is 25.6 Å². The normalized spacial score (nSPS) is 11.2. The first-order valence-electron chi connectivity index (χ1n) is 16.1. The highest BCUT2D eigenvalue weighted by Crippen LogP contribution is 2.13. The Hall–Kier alpha value is -5.86. The Balaban J connectivity index is 1.26. The van der Waals surface area contributed by atoms with Crippen molar-refractivity contribution >= 4 is 35.0 Å². The highest BCUT2D eigenvalue weighted by Gasteiger charge is 2.18. The summed E-state index contributed by atoms with van der Waals surface area (Å²) >= 11 is 0. The number of hydrogen-bond donors (Lipinski definition) is 2. The molecule has 8 heteroatoms. The molecule has 0 saturated heterocycles. The number of benzene rings is 3. The molecule has 0 aliphatic heterocycles. The molecule has 3 aromatic carbocycles. The van der Waals surface area contributed by atoms with Gasteiger partial charge in [-0.15, -0.1) is 0 Å². The summed E-state index contributed by atoms with van der Waals surface area (Å²) in [7, 11) is 0. The number of carbonyl (C=O) groups is 4. The van der Waals surface area contributed by atoms with Crippen LogP contribution in [-0.4, -0.2) is 59.6 Å². The molecule has 0 heterocycles. The summed E-state index contributed by atoms with van der Waals surface area (Å²) in [4.78, 5) is 54.3. The van der Waals surface area contributed by atoms with Gasteiger partial charge in [-0.1, -0.05) is 67.5 Å². The first-order valence-corrected chi connectivity index (χ1v) is 16.1. The Labute approximate surface area is 282 Å². The molecular weight excluding hydrogens is 600 g/mol. The Kier molecular flexibility index (Phi) is 13.4. The highest BCUT2D eigenvalue weighted by atomic mass is 16.2. The average Bonchev–Trinajstić information content (AvgIpc) is 3.09. The second kappa shape index (κ2) is 18.3. The molecule has 1 aliphatic carbocycles. The Bertz CT molecular complexity index is 1790. The van der Waals surface area contributed by atoms with Gasteiger partial charge < -0.3 is 20.4 Å².